The quantitative estimate of drug-likeness (QED) is 0.424. The molecule has 1 aliphatic rings. The van der Waals surface area contributed by atoms with Gasteiger partial charge in [-0.2, -0.15) is 0 Å². The van der Waals surface area contributed by atoms with Gasteiger partial charge in [0.2, 0.25) is 0 Å². The van der Waals surface area contributed by atoms with E-state index in [-0.39, 0.29) is 5.91 Å². The molecule has 1 saturated heterocycles. The molecule has 3 heterocycles. The summed E-state index contributed by atoms with van der Waals surface area (Å²) in [5.74, 6) is 2.19. The monoisotopic (exact) mass is 489 g/mol. The Labute approximate surface area is 208 Å². The van der Waals surface area contributed by atoms with Crippen LogP contribution in [0, 0.1) is 6.92 Å². The molecule has 0 unspecified atom stereocenters. The molecule has 2 aromatic carbocycles. The van der Waals surface area contributed by atoms with Gasteiger partial charge in [0.25, 0.3) is 5.91 Å². The highest BCUT2D eigenvalue weighted by molar-refractivity contribution is 7.20. The van der Waals surface area contributed by atoms with Gasteiger partial charge in [0.15, 0.2) is 0 Å². The minimum Gasteiger partial charge on any atom is -0.495 e. The Balaban J connectivity index is 1.39. The lowest BCUT2D eigenvalue weighted by Gasteiger charge is -2.37. The molecule has 0 atom stereocenters. The number of carbonyl (C=O) groups excluding carboxylic acids is 1. The summed E-state index contributed by atoms with van der Waals surface area (Å²) in [6.07, 6.45) is 1.59. The van der Waals surface area contributed by atoms with Crippen LogP contribution in [0.4, 0.5) is 17.2 Å². The van der Waals surface area contributed by atoms with Crippen LogP contribution in [-0.4, -0.2) is 56.3 Å². The fourth-order valence-electron chi connectivity index (χ4n) is 4.49. The number of thiophene rings is 1. The molecule has 8 nitrogen and oxygen atoms in total. The van der Waals surface area contributed by atoms with E-state index in [0.717, 1.165) is 59.2 Å². The summed E-state index contributed by atoms with van der Waals surface area (Å²) in [4.78, 5) is 28.3. The molecule has 1 aliphatic heterocycles. The minimum atomic E-state index is -0.179. The van der Waals surface area contributed by atoms with Gasteiger partial charge >= 0.3 is 0 Å². The lowest BCUT2D eigenvalue weighted by molar-refractivity contribution is 0.102. The molecule has 35 heavy (non-hydrogen) atoms. The van der Waals surface area contributed by atoms with E-state index >= 15 is 0 Å². The van der Waals surface area contributed by atoms with Crippen molar-refractivity contribution >= 4 is 44.7 Å². The van der Waals surface area contributed by atoms with Crippen molar-refractivity contribution in [2.24, 2.45) is 0 Å². The van der Waals surface area contributed by atoms with E-state index in [4.69, 9.17) is 9.47 Å². The maximum absolute atomic E-state index is 13.2. The van der Waals surface area contributed by atoms with Crippen molar-refractivity contribution in [3.8, 4) is 11.5 Å². The summed E-state index contributed by atoms with van der Waals surface area (Å²) >= 11 is 1.39. The summed E-state index contributed by atoms with van der Waals surface area (Å²) in [5.41, 5.74) is 2.63. The first kappa shape index (κ1) is 22.9. The first-order valence-corrected chi connectivity index (χ1v) is 12.2. The first-order chi connectivity index (χ1) is 17.1. The number of fused-ring (bicyclic) bond motifs is 1. The SMILES string of the molecule is COc1ccccc1NC(=O)c1sc2ncnc(N3CCN(c4ccccc4OC)CC3)c2c1C. The zero-order valence-corrected chi connectivity index (χ0v) is 20.8. The van der Waals surface area contributed by atoms with Gasteiger partial charge in [-0.05, 0) is 36.8 Å². The van der Waals surface area contributed by atoms with E-state index < -0.39 is 0 Å². The number of piperazine rings is 1. The highest BCUT2D eigenvalue weighted by Crippen LogP contribution is 2.37. The van der Waals surface area contributed by atoms with Crippen LogP contribution in [0.3, 0.4) is 0 Å². The van der Waals surface area contributed by atoms with E-state index in [2.05, 4.69) is 31.2 Å². The van der Waals surface area contributed by atoms with Gasteiger partial charge in [0.1, 0.15) is 28.5 Å². The molecule has 0 aliphatic carbocycles. The zero-order chi connectivity index (χ0) is 24.4. The number of nitrogens with one attached hydrogen (secondary N) is 1. The lowest BCUT2D eigenvalue weighted by Crippen LogP contribution is -2.47. The van der Waals surface area contributed by atoms with Crippen LogP contribution in [0.5, 0.6) is 11.5 Å². The molecule has 0 saturated carbocycles. The lowest BCUT2D eigenvalue weighted by atomic mass is 10.1. The van der Waals surface area contributed by atoms with Crippen LogP contribution in [0.25, 0.3) is 10.2 Å². The normalized spacial score (nSPS) is 13.7. The van der Waals surface area contributed by atoms with Crippen molar-refractivity contribution < 1.29 is 14.3 Å². The summed E-state index contributed by atoms with van der Waals surface area (Å²) in [7, 11) is 3.29. The van der Waals surface area contributed by atoms with Gasteiger partial charge in [-0.25, -0.2) is 9.97 Å². The van der Waals surface area contributed by atoms with E-state index in [1.165, 1.54) is 11.3 Å². The fourth-order valence-corrected chi connectivity index (χ4v) is 5.53. The van der Waals surface area contributed by atoms with Gasteiger partial charge in [0.05, 0.1) is 35.9 Å². The van der Waals surface area contributed by atoms with Gasteiger partial charge in [0, 0.05) is 26.2 Å². The Kier molecular flexibility index (Phi) is 6.41. The molecule has 9 heteroatoms. The molecule has 1 fully saturated rings. The summed E-state index contributed by atoms with van der Waals surface area (Å²) in [6, 6.07) is 15.5. The van der Waals surface area contributed by atoms with E-state index in [1.54, 1.807) is 20.5 Å². The number of carbonyl (C=O) groups is 1. The van der Waals surface area contributed by atoms with Crippen LogP contribution >= 0.6 is 11.3 Å². The predicted octanol–water partition coefficient (Wildman–Crippen LogP) is 4.60. The molecule has 2 aromatic heterocycles. The number of nitrogens with zero attached hydrogens (tertiary/aromatic N) is 4. The number of ether oxygens (including phenoxy) is 2. The Morgan fingerprint density at radius 2 is 1.57 bits per heavy atom. The molecule has 1 amide bonds. The number of hydrogen-bond donors (Lipinski definition) is 1. The number of methoxy groups -OCH3 is 2. The summed E-state index contributed by atoms with van der Waals surface area (Å²) in [6.45, 7) is 5.27. The minimum absolute atomic E-state index is 0.179. The van der Waals surface area contributed by atoms with E-state index in [0.29, 0.717) is 16.3 Å². The van der Waals surface area contributed by atoms with Crippen LogP contribution in [0.1, 0.15) is 15.2 Å². The number of aryl methyl sites for hydroxylation is 1. The fraction of sp³-hybridized carbons (Fsp3) is 0.269. The molecule has 0 spiro atoms. The van der Waals surface area contributed by atoms with Gasteiger partial charge < -0.3 is 24.6 Å². The smallest absolute Gasteiger partial charge is 0.266 e. The molecule has 5 rings (SSSR count). The van der Waals surface area contributed by atoms with E-state index in [9.17, 15) is 4.79 Å². The second kappa shape index (κ2) is 9.79. The van der Waals surface area contributed by atoms with Crippen molar-refractivity contribution in [3.63, 3.8) is 0 Å². The van der Waals surface area contributed by atoms with Crippen LogP contribution in [0.15, 0.2) is 54.9 Å². The maximum atomic E-state index is 13.2. The van der Waals surface area contributed by atoms with Crippen molar-refractivity contribution in [2.45, 2.75) is 6.92 Å². The van der Waals surface area contributed by atoms with Crippen molar-refractivity contribution in [1.82, 2.24) is 9.97 Å². The number of hydrogen-bond acceptors (Lipinski definition) is 8. The average molecular weight is 490 g/mol. The number of aromatic nitrogens is 2. The maximum Gasteiger partial charge on any atom is 0.266 e. The Hall–Kier alpha value is -3.85. The second-order valence-corrected chi connectivity index (χ2v) is 9.23. The highest BCUT2D eigenvalue weighted by atomic mass is 32.1. The van der Waals surface area contributed by atoms with Gasteiger partial charge in [-0.3, -0.25) is 4.79 Å². The number of rotatable bonds is 6. The predicted molar refractivity (Wildman–Crippen MR) is 141 cm³/mol. The Morgan fingerprint density at radius 3 is 2.31 bits per heavy atom. The van der Waals surface area contributed by atoms with E-state index in [1.807, 2.05) is 49.4 Å². The number of anilines is 3. The largest absolute Gasteiger partial charge is 0.495 e. The summed E-state index contributed by atoms with van der Waals surface area (Å²) in [5, 5.41) is 3.92. The molecule has 180 valence electrons. The third-order valence-corrected chi connectivity index (χ3v) is 7.47. The topological polar surface area (TPSA) is 79.8 Å². The highest BCUT2D eigenvalue weighted by Gasteiger charge is 2.25. The molecule has 1 N–H and O–H groups in total. The second-order valence-electron chi connectivity index (χ2n) is 8.23. The molecule has 0 radical (unpaired) electrons. The third-order valence-electron chi connectivity index (χ3n) is 6.27. The van der Waals surface area contributed by atoms with Crippen LogP contribution in [-0.2, 0) is 0 Å². The van der Waals surface area contributed by atoms with Gasteiger partial charge in [-0.15, -0.1) is 11.3 Å². The van der Waals surface area contributed by atoms with Gasteiger partial charge in [-0.1, -0.05) is 24.3 Å². The average Bonchev–Trinajstić information content (AvgIpc) is 3.25. The first-order valence-electron chi connectivity index (χ1n) is 11.4. The zero-order valence-electron chi connectivity index (χ0n) is 19.9. The van der Waals surface area contributed by atoms with Crippen LogP contribution < -0.4 is 24.6 Å². The molecule has 0 bridgehead atoms. The van der Waals surface area contributed by atoms with Crippen LogP contribution in [0.2, 0.25) is 0 Å². The third kappa shape index (κ3) is 4.35. The molecule has 4 aromatic rings. The van der Waals surface area contributed by atoms with Crippen molar-refractivity contribution in [3.05, 3.63) is 65.3 Å². The molecular weight excluding hydrogens is 462 g/mol. The summed E-state index contributed by atoms with van der Waals surface area (Å²) < 4.78 is 10.9. The van der Waals surface area contributed by atoms with Crippen molar-refractivity contribution in [2.75, 3.05) is 55.5 Å². The Morgan fingerprint density at radius 1 is 0.914 bits per heavy atom. The van der Waals surface area contributed by atoms with Crippen molar-refractivity contribution in [1.29, 1.82) is 0 Å². The number of benzene rings is 2. The Bertz CT molecular complexity index is 1360. The number of para-hydroxylation sites is 4. The molecular formula is C26H27N5O3S. The standard InChI is InChI=1S/C26H27N5O3S/c1-17-22-24(31-14-12-30(13-15-31)19-9-5-7-11-21(19)34-3)27-16-28-26(22)35-23(17)25(32)29-18-8-4-6-10-20(18)33-2/h4-11,16H,12-15H2,1-3H3,(H,29,32). The number of amides is 1.